The number of carbonyl (C=O) groups excluding carboxylic acids is 3. The fraction of sp³-hybridized carbons (Fsp3) is 0.278. The molecule has 7 nitrogen and oxygen atoms in total. The summed E-state index contributed by atoms with van der Waals surface area (Å²) in [4.78, 5) is 39.6. The van der Waals surface area contributed by atoms with Crippen molar-refractivity contribution in [3.05, 3.63) is 57.6 Å². The molecule has 0 spiro atoms. The Hall–Kier alpha value is -2.36. The smallest absolute Gasteiger partial charge is 0.338 e. The van der Waals surface area contributed by atoms with Gasteiger partial charge in [0.25, 0.3) is 11.8 Å². The summed E-state index contributed by atoms with van der Waals surface area (Å²) in [5, 5.41) is 0. The summed E-state index contributed by atoms with van der Waals surface area (Å²) in [6.07, 6.45) is 1.45. The van der Waals surface area contributed by atoms with Gasteiger partial charge in [0, 0.05) is 29.7 Å². The molecule has 0 N–H and O–H groups in total. The van der Waals surface area contributed by atoms with Crippen molar-refractivity contribution in [1.29, 1.82) is 0 Å². The molecule has 1 saturated heterocycles. The number of piperazine rings is 1. The lowest BCUT2D eigenvalue weighted by atomic mass is 10.2. The molecule has 0 radical (unpaired) electrons. The fourth-order valence-corrected chi connectivity index (χ4v) is 2.96. The van der Waals surface area contributed by atoms with Gasteiger partial charge in [-0.3, -0.25) is 9.59 Å². The number of hydrogen-bond acceptors (Lipinski definition) is 5. The molecule has 0 aliphatic carbocycles. The number of nitrogens with zero attached hydrogens (tertiary/aromatic N) is 2. The molecule has 26 heavy (non-hydrogen) atoms. The van der Waals surface area contributed by atoms with E-state index in [-0.39, 0.29) is 24.2 Å². The number of rotatable bonds is 4. The molecule has 1 aliphatic heterocycles. The quantitative estimate of drug-likeness (QED) is 0.507. The van der Waals surface area contributed by atoms with Crippen LogP contribution in [0.3, 0.4) is 0 Å². The van der Waals surface area contributed by atoms with Crippen LogP contribution in [0, 0.1) is 3.57 Å². The molecule has 2 aromatic rings. The number of furan rings is 1. The lowest BCUT2D eigenvalue weighted by molar-refractivity contribution is -0.136. The minimum atomic E-state index is -0.526. The van der Waals surface area contributed by atoms with Crippen molar-refractivity contribution >= 4 is 40.4 Å². The predicted molar refractivity (Wildman–Crippen MR) is 101 cm³/mol. The molecule has 1 aromatic heterocycles. The van der Waals surface area contributed by atoms with Gasteiger partial charge in [-0.1, -0.05) is 0 Å². The molecule has 3 rings (SSSR count). The van der Waals surface area contributed by atoms with Gasteiger partial charge in [-0.05, 0) is 59.0 Å². The van der Waals surface area contributed by atoms with E-state index in [2.05, 4.69) is 22.6 Å². The van der Waals surface area contributed by atoms with Crippen LogP contribution in [0.5, 0.6) is 0 Å². The van der Waals surface area contributed by atoms with Crippen LogP contribution in [0.15, 0.2) is 47.1 Å². The molecular weight excluding hydrogens is 451 g/mol. The summed E-state index contributed by atoms with van der Waals surface area (Å²) in [7, 11) is 0. The van der Waals surface area contributed by atoms with Crippen molar-refractivity contribution in [2.24, 2.45) is 0 Å². The number of esters is 1. The maximum absolute atomic E-state index is 12.2. The zero-order valence-corrected chi connectivity index (χ0v) is 16.0. The van der Waals surface area contributed by atoms with Gasteiger partial charge in [0.05, 0.1) is 11.8 Å². The van der Waals surface area contributed by atoms with E-state index < -0.39 is 5.97 Å². The van der Waals surface area contributed by atoms with Crippen molar-refractivity contribution in [2.75, 3.05) is 32.8 Å². The third-order valence-corrected chi connectivity index (χ3v) is 4.78. The monoisotopic (exact) mass is 468 g/mol. The van der Waals surface area contributed by atoms with Crippen LogP contribution in [-0.2, 0) is 9.53 Å². The highest BCUT2D eigenvalue weighted by Gasteiger charge is 2.26. The van der Waals surface area contributed by atoms with Gasteiger partial charge in [0.2, 0.25) is 0 Å². The number of halogens is 1. The van der Waals surface area contributed by atoms with Crippen molar-refractivity contribution in [3.63, 3.8) is 0 Å². The first kappa shape index (κ1) is 18.4. The summed E-state index contributed by atoms with van der Waals surface area (Å²) in [6, 6.07) is 10.2. The molecule has 1 fully saturated rings. The second-order valence-corrected chi connectivity index (χ2v) is 6.98. The Labute approximate surface area is 164 Å². The first-order valence-electron chi connectivity index (χ1n) is 8.08. The van der Waals surface area contributed by atoms with E-state index in [0.717, 1.165) is 3.57 Å². The van der Waals surface area contributed by atoms with Crippen LogP contribution in [-0.4, -0.2) is 60.4 Å². The van der Waals surface area contributed by atoms with Crippen LogP contribution in [0.4, 0.5) is 0 Å². The van der Waals surface area contributed by atoms with Crippen LogP contribution in [0.25, 0.3) is 0 Å². The molecule has 1 aromatic carbocycles. The Balaban J connectivity index is 1.45. The predicted octanol–water partition coefficient (Wildman–Crippen LogP) is 2.03. The van der Waals surface area contributed by atoms with Gasteiger partial charge in [-0.2, -0.15) is 0 Å². The molecule has 136 valence electrons. The summed E-state index contributed by atoms with van der Waals surface area (Å²) in [5.41, 5.74) is 0.409. The number of amides is 2. The van der Waals surface area contributed by atoms with Gasteiger partial charge >= 0.3 is 5.97 Å². The maximum Gasteiger partial charge on any atom is 0.338 e. The second kappa shape index (κ2) is 8.35. The minimum Gasteiger partial charge on any atom is -0.459 e. The molecule has 8 heteroatoms. The fourth-order valence-electron chi connectivity index (χ4n) is 2.60. The van der Waals surface area contributed by atoms with E-state index in [9.17, 15) is 14.4 Å². The third kappa shape index (κ3) is 4.43. The molecule has 0 bridgehead atoms. The van der Waals surface area contributed by atoms with E-state index in [1.165, 1.54) is 6.26 Å². The van der Waals surface area contributed by atoms with E-state index in [1.807, 2.05) is 0 Å². The largest absolute Gasteiger partial charge is 0.459 e. The number of ether oxygens (including phenoxy) is 1. The Bertz CT molecular complexity index is 780. The topological polar surface area (TPSA) is 80.1 Å². The van der Waals surface area contributed by atoms with Crippen molar-refractivity contribution in [3.8, 4) is 0 Å². The van der Waals surface area contributed by atoms with Crippen LogP contribution in [0.1, 0.15) is 20.9 Å². The molecule has 0 atom stereocenters. The highest BCUT2D eigenvalue weighted by molar-refractivity contribution is 14.1. The Morgan fingerprint density at radius 2 is 1.65 bits per heavy atom. The highest BCUT2D eigenvalue weighted by atomic mass is 127. The summed E-state index contributed by atoms with van der Waals surface area (Å²) in [5.74, 6) is -0.696. The molecule has 2 heterocycles. The van der Waals surface area contributed by atoms with Crippen molar-refractivity contribution < 1.29 is 23.5 Å². The van der Waals surface area contributed by atoms with Gasteiger partial charge < -0.3 is 19.0 Å². The van der Waals surface area contributed by atoms with Crippen molar-refractivity contribution in [2.45, 2.75) is 0 Å². The zero-order chi connectivity index (χ0) is 18.5. The van der Waals surface area contributed by atoms with Crippen LogP contribution >= 0.6 is 22.6 Å². The Kier molecular flexibility index (Phi) is 5.92. The summed E-state index contributed by atoms with van der Waals surface area (Å²) < 4.78 is 11.2. The molecule has 1 aliphatic rings. The van der Waals surface area contributed by atoms with Gasteiger partial charge in [-0.25, -0.2) is 4.79 Å². The highest BCUT2D eigenvalue weighted by Crippen LogP contribution is 2.11. The lowest BCUT2D eigenvalue weighted by Crippen LogP contribution is -2.51. The van der Waals surface area contributed by atoms with E-state index in [1.54, 1.807) is 46.2 Å². The van der Waals surface area contributed by atoms with E-state index in [4.69, 9.17) is 9.15 Å². The first-order chi connectivity index (χ1) is 12.5. The SMILES string of the molecule is O=C(OCC(=O)N1CCN(C(=O)c2ccco2)CC1)c1ccc(I)cc1. The average molecular weight is 468 g/mol. The lowest BCUT2D eigenvalue weighted by Gasteiger charge is -2.34. The average Bonchev–Trinajstić information content (AvgIpc) is 3.20. The first-order valence-corrected chi connectivity index (χ1v) is 9.16. The van der Waals surface area contributed by atoms with Crippen molar-refractivity contribution in [1.82, 2.24) is 9.80 Å². The normalized spacial score (nSPS) is 14.2. The molecular formula is C18H17IN2O5. The standard InChI is InChI=1S/C18H17IN2O5/c19-14-5-3-13(4-6-14)18(24)26-12-16(22)20-7-9-21(10-8-20)17(23)15-2-1-11-25-15/h1-6,11H,7-10,12H2. The second-order valence-electron chi connectivity index (χ2n) is 5.73. The molecule has 0 unspecified atom stereocenters. The Morgan fingerprint density at radius 3 is 2.27 bits per heavy atom. The zero-order valence-electron chi connectivity index (χ0n) is 13.9. The minimum absolute atomic E-state index is 0.188. The van der Waals surface area contributed by atoms with Gasteiger partial charge in [0.15, 0.2) is 12.4 Å². The summed E-state index contributed by atoms with van der Waals surface area (Å²) >= 11 is 2.14. The molecule has 0 saturated carbocycles. The van der Waals surface area contributed by atoms with E-state index >= 15 is 0 Å². The number of benzene rings is 1. The van der Waals surface area contributed by atoms with Gasteiger partial charge in [0.1, 0.15) is 0 Å². The summed E-state index contributed by atoms with van der Waals surface area (Å²) in [6.45, 7) is 1.31. The van der Waals surface area contributed by atoms with E-state index in [0.29, 0.717) is 31.7 Å². The number of carbonyl (C=O) groups is 3. The van der Waals surface area contributed by atoms with Crippen LogP contribution < -0.4 is 0 Å². The van der Waals surface area contributed by atoms with Crippen LogP contribution in [0.2, 0.25) is 0 Å². The molecule has 2 amide bonds. The third-order valence-electron chi connectivity index (χ3n) is 4.06. The Morgan fingerprint density at radius 1 is 1.00 bits per heavy atom. The maximum atomic E-state index is 12.2. The number of hydrogen-bond donors (Lipinski definition) is 0. The van der Waals surface area contributed by atoms with Gasteiger partial charge in [-0.15, -0.1) is 0 Å².